The highest BCUT2D eigenvalue weighted by Gasteiger charge is 2.38. The van der Waals surface area contributed by atoms with Crippen molar-refractivity contribution in [1.29, 1.82) is 0 Å². The van der Waals surface area contributed by atoms with Crippen LogP contribution in [0, 0.1) is 0 Å². The smallest absolute Gasteiger partial charge is 0.241 e. The summed E-state index contributed by atoms with van der Waals surface area (Å²) < 4.78 is 4.15. The Bertz CT molecular complexity index is 278. The molecule has 1 aromatic heterocycles. The van der Waals surface area contributed by atoms with E-state index < -0.39 is 0 Å². The predicted octanol–water partition coefficient (Wildman–Crippen LogP) is 0.904. The lowest BCUT2D eigenvalue weighted by Crippen LogP contribution is -2.36. The van der Waals surface area contributed by atoms with E-state index in [0.29, 0.717) is 0 Å². The van der Waals surface area contributed by atoms with Crippen LogP contribution in [0.25, 0.3) is 0 Å². The Morgan fingerprint density at radius 2 is 2.36 bits per heavy atom. The third-order valence-corrected chi connectivity index (χ3v) is 2.00. The molecule has 0 fully saturated rings. The van der Waals surface area contributed by atoms with E-state index in [-0.39, 0.29) is 0 Å². The fraction of sp³-hybridized carbons (Fsp3) is 0.625. The monoisotopic (exact) mass is 153 g/mol. The topological polar surface area (TPSA) is 21.3 Å². The average Bonchev–Trinajstić information content (AvgIpc) is 2.70. The normalized spacial score (nSPS) is 12.5. The SMILES string of the molecule is CCCc1n2c(c[n+]1CC)O2. The van der Waals surface area contributed by atoms with E-state index in [2.05, 4.69) is 24.6 Å². The summed E-state index contributed by atoms with van der Waals surface area (Å²) in [4.78, 5) is 5.17. The van der Waals surface area contributed by atoms with Crippen molar-refractivity contribution in [3.8, 4) is 5.88 Å². The zero-order valence-electron chi connectivity index (χ0n) is 7.00. The van der Waals surface area contributed by atoms with Crippen molar-refractivity contribution in [3.63, 3.8) is 0 Å². The fourth-order valence-corrected chi connectivity index (χ4v) is 1.40. The first-order valence-electron chi connectivity index (χ1n) is 4.19. The van der Waals surface area contributed by atoms with E-state index in [0.717, 1.165) is 18.8 Å². The van der Waals surface area contributed by atoms with E-state index in [1.807, 2.05) is 4.73 Å². The number of aryl methyl sites for hydroxylation is 1. The van der Waals surface area contributed by atoms with Crippen LogP contribution in [0.4, 0.5) is 0 Å². The van der Waals surface area contributed by atoms with E-state index in [4.69, 9.17) is 4.84 Å². The molecule has 0 spiro atoms. The number of nitrogens with zero attached hydrogens (tertiary/aromatic N) is 2. The first-order valence-corrected chi connectivity index (χ1v) is 4.19. The summed E-state index contributed by atoms with van der Waals surface area (Å²) in [6.07, 6.45) is 4.34. The molecule has 0 N–H and O–H groups in total. The summed E-state index contributed by atoms with van der Waals surface area (Å²) in [5.74, 6) is 2.31. The second kappa shape index (κ2) is 2.26. The zero-order valence-corrected chi connectivity index (χ0v) is 7.00. The van der Waals surface area contributed by atoms with Crippen molar-refractivity contribution in [2.24, 2.45) is 0 Å². The minimum atomic E-state index is 1.01. The van der Waals surface area contributed by atoms with Gasteiger partial charge in [-0.3, -0.25) is 0 Å². The third kappa shape index (κ3) is 0.914. The lowest BCUT2D eigenvalue weighted by Gasteiger charge is -1.94. The molecular weight excluding hydrogens is 140 g/mol. The van der Waals surface area contributed by atoms with Crippen LogP contribution in [-0.4, -0.2) is 4.73 Å². The lowest BCUT2D eigenvalue weighted by molar-refractivity contribution is -0.703. The van der Waals surface area contributed by atoms with Crippen molar-refractivity contribution < 1.29 is 9.40 Å². The van der Waals surface area contributed by atoms with Gasteiger partial charge in [-0.05, 0) is 13.3 Å². The van der Waals surface area contributed by atoms with Crippen molar-refractivity contribution in [3.05, 3.63) is 12.0 Å². The average molecular weight is 153 g/mol. The summed E-state index contributed by atoms with van der Waals surface area (Å²) in [7, 11) is 0. The van der Waals surface area contributed by atoms with Crippen molar-refractivity contribution in [1.82, 2.24) is 4.73 Å². The molecule has 3 heteroatoms. The molecule has 0 amide bonds. The maximum atomic E-state index is 5.17. The van der Waals surface area contributed by atoms with Crippen LogP contribution in [0.5, 0.6) is 5.88 Å². The Balaban J connectivity index is 2.28. The molecule has 11 heavy (non-hydrogen) atoms. The number of hydrogen-bond acceptors (Lipinski definition) is 1. The first kappa shape index (κ1) is 6.70. The molecule has 3 nitrogen and oxygen atoms in total. The zero-order chi connectivity index (χ0) is 7.84. The molecule has 2 heterocycles. The van der Waals surface area contributed by atoms with Gasteiger partial charge in [0.2, 0.25) is 0 Å². The fourth-order valence-electron chi connectivity index (χ4n) is 1.40. The molecule has 0 bridgehead atoms. The Labute approximate surface area is 66.2 Å². The van der Waals surface area contributed by atoms with Crippen molar-refractivity contribution in [2.45, 2.75) is 33.2 Å². The highest BCUT2D eigenvalue weighted by molar-refractivity contribution is 5.14. The van der Waals surface area contributed by atoms with Gasteiger partial charge in [-0.15, -0.1) is 0 Å². The molecule has 0 atom stereocenters. The molecule has 0 aromatic carbocycles. The molecule has 0 saturated heterocycles. The lowest BCUT2D eigenvalue weighted by atomic mass is 10.3. The molecule has 1 aliphatic rings. The second-order valence-electron chi connectivity index (χ2n) is 2.81. The Morgan fingerprint density at radius 1 is 1.55 bits per heavy atom. The van der Waals surface area contributed by atoms with Crippen LogP contribution in [0.15, 0.2) is 6.20 Å². The van der Waals surface area contributed by atoms with Gasteiger partial charge < -0.3 is 0 Å². The standard InChI is InChI=1S/C8H13N2O/c1-3-5-7-9(4-2)6-8-10(7)11-8/h6H,3-5H2,1-2H3/q+1. The van der Waals surface area contributed by atoms with Crippen LogP contribution in [0.2, 0.25) is 0 Å². The number of imidazole rings is 1. The molecular formula is C8H13N2O+. The summed E-state index contributed by atoms with van der Waals surface area (Å²) in [5.41, 5.74) is 0. The van der Waals surface area contributed by atoms with Gasteiger partial charge in [0.15, 0.2) is 6.20 Å². The maximum Gasteiger partial charge on any atom is 0.415 e. The molecule has 1 aliphatic heterocycles. The second-order valence-corrected chi connectivity index (χ2v) is 2.81. The van der Waals surface area contributed by atoms with Crippen LogP contribution in [-0.2, 0) is 13.0 Å². The van der Waals surface area contributed by atoms with Crippen molar-refractivity contribution in [2.75, 3.05) is 0 Å². The maximum absolute atomic E-state index is 5.17. The van der Waals surface area contributed by atoms with Gasteiger partial charge in [-0.2, -0.15) is 0 Å². The van der Waals surface area contributed by atoms with Crippen LogP contribution >= 0.6 is 0 Å². The van der Waals surface area contributed by atoms with Crippen molar-refractivity contribution >= 4 is 0 Å². The largest absolute Gasteiger partial charge is 0.415 e. The van der Waals surface area contributed by atoms with Gasteiger partial charge in [0.25, 0.3) is 0 Å². The highest BCUT2D eigenvalue weighted by atomic mass is 16.8. The van der Waals surface area contributed by atoms with E-state index in [1.54, 1.807) is 0 Å². The van der Waals surface area contributed by atoms with Gasteiger partial charge >= 0.3 is 11.7 Å². The quantitative estimate of drug-likeness (QED) is 0.474. The molecule has 60 valence electrons. The van der Waals surface area contributed by atoms with Crippen LogP contribution < -0.4 is 9.40 Å². The van der Waals surface area contributed by atoms with Gasteiger partial charge in [-0.1, -0.05) is 6.92 Å². The van der Waals surface area contributed by atoms with Gasteiger partial charge in [0, 0.05) is 4.73 Å². The first-order chi connectivity index (χ1) is 5.36. The molecule has 0 saturated carbocycles. The minimum absolute atomic E-state index is 1.01. The van der Waals surface area contributed by atoms with E-state index in [1.165, 1.54) is 12.2 Å². The Kier molecular flexibility index (Phi) is 1.37. The predicted molar refractivity (Wildman–Crippen MR) is 40.3 cm³/mol. The van der Waals surface area contributed by atoms with Crippen LogP contribution in [0.3, 0.4) is 0 Å². The van der Waals surface area contributed by atoms with E-state index in [9.17, 15) is 0 Å². The van der Waals surface area contributed by atoms with E-state index >= 15 is 0 Å². The summed E-state index contributed by atoms with van der Waals surface area (Å²) in [6, 6.07) is 0. The van der Waals surface area contributed by atoms with Gasteiger partial charge in [-0.25, -0.2) is 9.40 Å². The Morgan fingerprint density at radius 3 is 3.00 bits per heavy atom. The third-order valence-electron chi connectivity index (χ3n) is 2.00. The summed E-state index contributed by atoms with van der Waals surface area (Å²) >= 11 is 0. The number of rotatable bonds is 3. The number of aromatic nitrogens is 2. The molecule has 0 unspecified atom stereocenters. The minimum Gasteiger partial charge on any atom is -0.241 e. The van der Waals surface area contributed by atoms with Crippen LogP contribution in [0.1, 0.15) is 26.1 Å². The van der Waals surface area contributed by atoms with Gasteiger partial charge in [0.1, 0.15) is 0 Å². The molecule has 0 radical (unpaired) electrons. The highest BCUT2D eigenvalue weighted by Crippen LogP contribution is 2.25. The van der Waals surface area contributed by atoms with Gasteiger partial charge in [0.05, 0.1) is 13.0 Å². The Hall–Kier alpha value is -0.990. The summed E-state index contributed by atoms with van der Waals surface area (Å²) in [6.45, 7) is 5.37. The molecule has 1 aromatic rings. The number of hydrogen-bond donors (Lipinski definition) is 0. The summed E-state index contributed by atoms with van der Waals surface area (Å²) in [5, 5.41) is 0. The molecule has 2 rings (SSSR count). The number of fused-ring (bicyclic) bond motifs is 1. The molecule has 0 aliphatic carbocycles.